The van der Waals surface area contributed by atoms with Gasteiger partial charge >= 0.3 is 11.9 Å². The van der Waals surface area contributed by atoms with Gasteiger partial charge in [0.15, 0.2) is 0 Å². The van der Waals surface area contributed by atoms with Gasteiger partial charge in [0, 0.05) is 12.7 Å². The molecule has 1 unspecified atom stereocenters. The topological polar surface area (TPSA) is 77.5 Å². The van der Waals surface area contributed by atoms with Crippen molar-refractivity contribution < 1.29 is 19.1 Å². The van der Waals surface area contributed by atoms with E-state index in [9.17, 15) is 9.59 Å². The molecule has 0 saturated heterocycles. The number of methoxy groups -OCH3 is 2. The van der Waals surface area contributed by atoms with E-state index in [0.717, 1.165) is 5.69 Å². The van der Waals surface area contributed by atoms with Crippen molar-refractivity contribution in [1.82, 2.24) is 10.3 Å². The third-order valence-electron chi connectivity index (χ3n) is 2.87. The smallest absolute Gasteiger partial charge is 0.339 e. The van der Waals surface area contributed by atoms with Gasteiger partial charge in [-0.2, -0.15) is 0 Å². The molecule has 0 aliphatic carbocycles. The molecule has 0 fully saturated rings. The lowest BCUT2D eigenvalue weighted by atomic mass is 10.0. The molecule has 0 saturated carbocycles. The maximum atomic E-state index is 11.6. The molecular formula is C14H20N2O4. The SMILES string of the molecule is COC(=O)c1ccc(CNC(C(=O)OC)C(C)C)nc1. The Labute approximate surface area is 118 Å². The highest BCUT2D eigenvalue weighted by atomic mass is 16.5. The van der Waals surface area contributed by atoms with Crippen molar-refractivity contribution in [2.75, 3.05) is 14.2 Å². The van der Waals surface area contributed by atoms with Gasteiger partial charge in [-0.15, -0.1) is 0 Å². The van der Waals surface area contributed by atoms with Gasteiger partial charge in [0.1, 0.15) is 6.04 Å². The zero-order chi connectivity index (χ0) is 15.1. The first-order valence-electron chi connectivity index (χ1n) is 6.34. The molecule has 1 aromatic rings. The lowest BCUT2D eigenvalue weighted by Crippen LogP contribution is -2.41. The number of hydrogen-bond donors (Lipinski definition) is 1. The van der Waals surface area contributed by atoms with Crippen LogP contribution in [0.4, 0.5) is 0 Å². The zero-order valence-corrected chi connectivity index (χ0v) is 12.2. The number of pyridine rings is 1. The summed E-state index contributed by atoms with van der Waals surface area (Å²) in [4.78, 5) is 27.0. The maximum Gasteiger partial charge on any atom is 0.339 e. The first kappa shape index (κ1) is 16.1. The number of nitrogens with zero attached hydrogens (tertiary/aromatic N) is 1. The highest BCUT2D eigenvalue weighted by Crippen LogP contribution is 2.06. The fourth-order valence-corrected chi connectivity index (χ4v) is 1.70. The minimum absolute atomic E-state index is 0.108. The second-order valence-electron chi connectivity index (χ2n) is 4.66. The molecule has 0 amide bonds. The minimum atomic E-state index is -0.424. The average Bonchev–Trinajstić information content (AvgIpc) is 2.46. The van der Waals surface area contributed by atoms with E-state index in [4.69, 9.17) is 4.74 Å². The quantitative estimate of drug-likeness (QED) is 0.788. The van der Waals surface area contributed by atoms with Gasteiger partial charge in [0.05, 0.1) is 25.5 Å². The number of esters is 2. The molecule has 0 spiro atoms. The molecule has 110 valence electrons. The molecule has 1 atom stereocenters. The third-order valence-corrected chi connectivity index (χ3v) is 2.87. The predicted molar refractivity (Wildman–Crippen MR) is 73.1 cm³/mol. The lowest BCUT2D eigenvalue weighted by Gasteiger charge is -2.19. The first-order valence-corrected chi connectivity index (χ1v) is 6.34. The summed E-state index contributed by atoms with van der Waals surface area (Å²) in [5, 5.41) is 3.10. The third kappa shape index (κ3) is 4.31. The van der Waals surface area contributed by atoms with Gasteiger partial charge in [0.2, 0.25) is 0 Å². The Hall–Kier alpha value is -1.95. The van der Waals surface area contributed by atoms with E-state index in [1.165, 1.54) is 20.4 Å². The molecule has 0 bridgehead atoms. The van der Waals surface area contributed by atoms with Crippen molar-refractivity contribution in [2.24, 2.45) is 5.92 Å². The van der Waals surface area contributed by atoms with Crippen LogP contribution in [0.5, 0.6) is 0 Å². The fourth-order valence-electron chi connectivity index (χ4n) is 1.70. The summed E-state index contributed by atoms with van der Waals surface area (Å²) in [6, 6.07) is 2.97. The Morgan fingerprint density at radius 2 is 1.95 bits per heavy atom. The minimum Gasteiger partial charge on any atom is -0.468 e. The molecule has 1 rings (SSSR count). The van der Waals surface area contributed by atoms with Gasteiger partial charge in [-0.25, -0.2) is 4.79 Å². The monoisotopic (exact) mass is 280 g/mol. The van der Waals surface area contributed by atoms with Crippen LogP contribution in [-0.4, -0.2) is 37.2 Å². The second kappa shape index (κ2) is 7.59. The van der Waals surface area contributed by atoms with Crippen molar-refractivity contribution in [3.05, 3.63) is 29.6 Å². The molecular weight excluding hydrogens is 260 g/mol. The summed E-state index contributed by atoms with van der Waals surface area (Å²) in [7, 11) is 2.68. The zero-order valence-electron chi connectivity index (χ0n) is 12.2. The van der Waals surface area contributed by atoms with Crippen molar-refractivity contribution in [2.45, 2.75) is 26.4 Å². The van der Waals surface area contributed by atoms with Crippen LogP contribution in [-0.2, 0) is 20.8 Å². The van der Waals surface area contributed by atoms with E-state index in [-0.39, 0.29) is 17.9 Å². The average molecular weight is 280 g/mol. The number of nitrogens with one attached hydrogen (secondary N) is 1. The van der Waals surface area contributed by atoms with E-state index in [1.807, 2.05) is 13.8 Å². The van der Waals surface area contributed by atoms with Gasteiger partial charge < -0.3 is 9.47 Å². The summed E-state index contributed by atoms with van der Waals surface area (Å²) >= 11 is 0. The molecule has 1 heterocycles. The number of carbonyl (C=O) groups excluding carboxylic acids is 2. The summed E-state index contributed by atoms with van der Waals surface area (Å²) in [5.41, 5.74) is 1.12. The predicted octanol–water partition coefficient (Wildman–Crippen LogP) is 1.16. The van der Waals surface area contributed by atoms with E-state index in [0.29, 0.717) is 12.1 Å². The standard InChI is InChI=1S/C14H20N2O4/c1-9(2)12(14(18)20-4)16-8-11-6-5-10(7-15-11)13(17)19-3/h5-7,9,12,16H,8H2,1-4H3. The Morgan fingerprint density at radius 3 is 2.40 bits per heavy atom. The van der Waals surface area contributed by atoms with Gasteiger partial charge in [0.25, 0.3) is 0 Å². The molecule has 0 radical (unpaired) electrons. The molecule has 6 heteroatoms. The highest BCUT2D eigenvalue weighted by molar-refractivity contribution is 5.88. The molecule has 6 nitrogen and oxygen atoms in total. The number of hydrogen-bond acceptors (Lipinski definition) is 6. The molecule has 0 aliphatic rings. The summed E-state index contributed by atoms with van der Waals surface area (Å²) in [6.07, 6.45) is 1.45. The van der Waals surface area contributed by atoms with Crippen LogP contribution in [0.15, 0.2) is 18.3 Å². The Balaban J connectivity index is 2.64. The fraction of sp³-hybridized carbons (Fsp3) is 0.500. The number of rotatable bonds is 6. The van der Waals surface area contributed by atoms with Crippen LogP contribution in [0.1, 0.15) is 29.9 Å². The van der Waals surface area contributed by atoms with Gasteiger partial charge in [-0.3, -0.25) is 15.1 Å². The van der Waals surface area contributed by atoms with E-state index in [2.05, 4.69) is 15.0 Å². The number of carbonyl (C=O) groups is 2. The van der Waals surface area contributed by atoms with Crippen molar-refractivity contribution >= 4 is 11.9 Å². The molecule has 1 aromatic heterocycles. The Morgan fingerprint density at radius 1 is 1.25 bits per heavy atom. The van der Waals surface area contributed by atoms with Crippen molar-refractivity contribution in [3.8, 4) is 0 Å². The Bertz CT molecular complexity index is 457. The van der Waals surface area contributed by atoms with E-state index in [1.54, 1.807) is 12.1 Å². The van der Waals surface area contributed by atoms with Crippen LogP contribution in [0.2, 0.25) is 0 Å². The van der Waals surface area contributed by atoms with Crippen molar-refractivity contribution in [1.29, 1.82) is 0 Å². The van der Waals surface area contributed by atoms with Crippen LogP contribution in [0.25, 0.3) is 0 Å². The first-order chi connectivity index (χ1) is 9.49. The summed E-state index contributed by atoms with van der Waals surface area (Å²) < 4.78 is 9.34. The normalized spacial score (nSPS) is 12.1. The van der Waals surface area contributed by atoms with E-state index < -0.39 is 5.97 Å². The maximum absolute atomic E-state index is 11.6. The largest absolute Gasteiger partial charge is 0.468 e. The highest BCUT2D eigenvalue weighted by Gasteiger charge is 2.22. The summed E-state index contributed by atoms with van der Waals surface area (Å²) in [5.74, 6) is -0.616. The van der Waals surface area contributed by atoms with Crippen LogP contribution in [0.3, 0.4) is 0 Å². The van der Waals surface area contributed by atoms with Crippen LogP contribution in [0, 0.1) is 5.92 Å². The number of ether oxygens (including phenoxy) is 2. The molecule has 0 aliphatic heterocycles. The number of aromatic nitrogens is 1. The lowest BCUT2D eigenvalue weighted by molar-refractivity contribution is -0.144. The summed E-state index contributed by atoms with van der Waals surface area (Å²) in [6.45, 7) is 4.28. The van der Waals surface area contributed by atoms with E-state index >= 15 is 0 Å². The molecule has 20 heavy (non-hydrogen) atoms. The van der Waals surface area contributed by atoms with Gasteiger partial charge in [-0.05, 0) is 18.1 Å². The second-order valence-corrected chi connectivity index (χ2v) is 4.66. The molecule has 1 N–H and O–H groups in total. The van der Waals surface area contributed by atoms with Gasteiger partial charge in [-0.1, -0.05) is 13.8 Å². The van der Waals surface area contributed by atoms with Crippen LogP contribution < -0.4 is 5.32 Å². The molecule has 0 aromatic carbocycles. The van der Waals surface area contributed by atoms with Crippen LogP contribution >= 0.6 is 0 Å². The van der Waals surface area contributed by atoms with Crippen molar-refractivity contribution in [3.63, 3.8) is 0 Å². The Kier molecular flexibility index (Phi) is 6.11.